The lowest BCUT2D eigenvalue weighted by Gasteiger charge is -2.34. The van der Waals surface area contributed by atoms with Gasteiger partial charge in [-0.1, -0.05) is 180 Å². The molecule has 0 radical (unpaired) electrons. The van der Waals surface area contributed by atoms with Crippen LogP contribution in [-0.4, -0.2) is 0 Å². The largest absolute Gasteiger partial charge is 0.310 e. The summed E-state index contributed by atoms with van der Waals surface area (Å²) in [5.74, 6) is 0. The lowest BCUT2D eigenvalue weighted by Crippen LogP contribution is -2.18. The van der Waals surface area contributed by atoms with Crippen LogP contribution in [0.2, 0.25) is 5.02 Å². The average molecular weight is 847 g/mol. The molecule has 0 spiro atoms. The third-order valence-electron chi connectivity index (χ3n) is 10.9. The number of anilines is 9. The van der Waals surface area contributed by atoms with Gasteiger partial charge in [0.15, 0.2) is 0 Å². The number of halogens is 1. The molecule has 3 nitrogen and oxygen atoms in total. The second-order valence-corrected chi connectivity index (χ2v) is 20.4. The molecule has 0 fully saturated rings. The summed E-state index contributed by atoms with van der Waals surface area (Å²) in [6, 6.07) is 37.1. The number of rotatable bonds is 9. The van der Waals surface area contributed by atoms with Crippen LogP contribution in [0.25, 0.3) is 0 Å². The number of para-hydroxylation sites is 2. The highest BCUT2D eigenvalue weighted by Crippen LogP contribution is 2.51. The molecule has 0 unspecified atom stereocenters. The molecule has 62 heavy (non-hydrogen) atoms. The van der Waals surface area contributed by atoms with Crippen molar-refractivity contribution in [1.82, 2.24) is 0 Å². The minimum atomic E-state index is -0.727. The molecule has 7 rings (SSSR count). The number of nitrogens with zero attached hydrogens (tertiary/aromatic N) is 3. The Morgan fingerprint density at radius 1 is 0.323 bits per heavy atom. The first-order chi connectivity index (χ1) is 32.5. The van der Waals surface area contributed by atoms with Crippen molar-refractivity contribution in [3.63, 3.8) is 0 Å². The molecule has 0 aliphatic heterocycles. The monoisotopic (exact) mass is 846 g/mol. The first-order valence-electron chi connectivity index (χ1n) is 25.3. The standard InChI is InChI=1S/C58H64ClN3/c1-55(2,3)41-23-31-47(32-24-41)61(48-33-25-42(26-34-48)56(4,5)6)52-39-51(60(45-19-15-13-16-20-45)46-21-17-14-18-22-46)40-53(54(52)59)62(49-35-27-43(28-36-49)57(7,8)9)50-37-29-44(30-38-50)58(10,11)12/h13-40H,1-12H3/i23D,24D,27D,28D,31D,32D,35D,36D. The van der Waals surface area contributed by atoms with E-state index < -0.39 is 10.8 Å². The van der Waals surface area contributed by atoms with Gasteiger partial charge in [-0.25, -0.2) is 0 Å². The van der Waals surface area contributed by atoms with Gasteiger partial charge >= 0.3 is 0 Å². The molecule has 0 saturated heterocycles. The van der Waals surface area contributed by atoms with Gasteiger partial charge in [0, 0.05) is 34.1 Å². The normalized spacial score (nSPS) is 14.1. The maximum absolute atomic E-state index is 9.77. The van der Waals surface area contributed by atoms with E-state index in [9.17, 15) is 11.0 Å². The van der Waals surface area contributed by atoms with E-state index in [-0.39, 0.29) is 98.1 Å². The quantitative estimate of drug-likeness (QED) is 0.143. The van der Waals surface area contributed by atoms with Crippen molar-refractivity contribution in [2.75, 3.05) is 14.7 Å². The van der Waals surface area contributed by atoms with Gasteiger partial charge in [0.05, 0.1) is 33.1 Å². The van der Waals surface area contributed by atoms with E-state index in [1.165, 1.54) is 0 Å². The van der Waals surface area contributed by atoms with Crippen LogP contribution < -0.4 is 14.7 Å². The molecule has 0 aliphatic rings. The molecule has 0 atom stereocenters. The van der Waals surface area contributed by atoms with Crippen LogP contribution in [0.4, 0.5) is 51.2 Å². The molecule has 0 N–H and O–H groups in total. The lowest BCUT2D eigenvalue weighted by molar-refractivity contribution is 0.590. The van der Waals surface area contributed by atoms with Gasteiger partial charge in [-0.3, -0.25) is 0 Å². The number of hydrogen-bond acceptors (Lipinski definition) is 3. The van der Waals surface area contributed by atoms with Gasteiger partial charge < -0.3 is 14.7 Å². The summed E-state index contributed by atoms with van der Waals surface area (Å²) in [5.41, 5.74) is 4.36. The van der Waals surface area contributed by atoms with Gasteiger partial charge in [-0.05, 0) is 129 Å². The minimum absolute atomic E-state index is 0.0256. The zero-order valence-corrected chi connectivity index (χ0v) is 39.0. The summed E-state index contributed by atoms with van der Waals surface area (Å²) in [4.78, 5) is 5.41. The molecule has 0 bridgehead atoms. The van der Waals surface area contributed by atoms with Crippen LogP contribution in [0.3, 0.4) is 0 Å². The number of benzene rings is 7. The molecular weight excluding hydrogens is 774 g/mol. The summed E-state index contributed by atoms with van der Waals surface area (Å²) < 4.78 is 76.9. The summed E-state index contributed by atoms with van der Waals surface area (Å²) in [7, 11) is 0. The predicted octanol–water partition coefficient (Wildman–Crippen LogP) is 17.9. The second-order valence-electron chi connectivity index (χ2n) is 20.0. The van der Waals surface area contributed by atoms with E-state index in [1.807, 2.05) is 168 Å². The molecule has 7 aromatic rings. The van der Waals surface area contributed by atoms with Gasteiger partial charge in [0.1, 0.15) is 0 Å². The molecule has 7 aromatic carbocycles. The van der Waals surface area contributed by atoms with Crippen molar-refractivity contribution in [3.8, 4) is 0 Å². The summed E-state index contributed by atoms with van der Waals surface area (Å²) >= 11 is 8.02. The highest BCUT2D eigenvalue weighted by molar-refractivity contribution is 6.37. The predicted molar refractivity (Wildman–Crippen MR) is 270 cm³/mol. The SMILES string of the molecule is [2H]c1c([2H])c(C(C)(C)C)c([2H])c([2H])c1N(c1ccc(C(C)(C)C)cc1)c1cc(N(c2ccccc2)c2ccccc2)cc(N(c2ccc(C(C)(C)C)cc2)c2c([2H])c([2H])c(C(C)(C)C)c([2H])c2[2H])c1Cl. The Morgan fingerprint density at radius 3 is 0.903 bits per heavy atom. The molecule has 4 heteroatoms. The van der Waals surface area contributed by atoms with Crippen molar-refractivity contribution in [3.05, 3.63) is 197 Å². The molecule has 318 valence electrons. The van der Waals surface area contributed by atoms with E-state index in [1.54, 1.807) is 9.80 Å². The maximum Gasteiger partial charge on any atom is 0.0888 e. The van der Waals surface area contributed by atoms with E-state index in [2.05, 4.69) is 41.5 Å². The van der Waals surface area contributed by atoms with Crippen LogP contribution in [-0.2, 0) is 21.7 Å². The zero-order valence-electron chi connectivity index (χ0n) is 46.3. The Labute approximate surface area is 388 Å². The fourth-order valence-electron chi connectivity index (χ4n) is 7.22. The third-order valence-corrected chi connectivity index (χ3v) is 11.3. The van der Waals surface area contributed by atoms with Crippen LogP contribution >= 0.6 is 11.6 Å². The van der Waals surface area contributed by atoms with Gasteiger partial charge in [0.2, 0.25) is 0 Å². The lowest BCUT2D eigenvalue weighted by atomic mass is 9.86. The van der Waals surface area contributed by atoms with Crippen molar-refractivity contribution in [1.29, 1.82) is 0 Å². The smallest absolute Gasteiger partial charge is 0.0888 e. The van der Waals surface area contributed by atoms with Crippen molar-refractivity contribution in [2.45, 2.75) is 105 Å². The van der Waals surface area contributed by atoms with Crippen molar-refractivity contribution >= 4 is 62.8 Å². The van der Waals surface area contributed by atoms with Gasteiger partial charge in [0.25, 0.3) is 0 Å². The van der Waals surface area contributed by atoms with Crippen LogP contribution in [0.15, 0.2) is 170 Å². The zero-order chi connectivity index (χ0) is 51.6. The molecule has 0 amide bonds. The molecular formula is C58H64ClN3. The Morgan fingerprint density at radius 2 is 0.613 bits per heavy atom. The minimum Gasteiger partial charge on any atom is -0.310 e. The van der Waals surface area contributed by atoms with E-state index in [0.29, 0.717) is 17.1 Å². The molecule has 0 saturated carbocycles. The Hall–Kier alpha value is -5.77. The highest BCUT2D eigenvalue weighted by atomic mass is 35.5. The fraction of sp³-hybridized carbons (Fsp3) is 0.276. The topological polar surface area (TPSA) is 9.72 Å². The Balaban J connectivity index is 1.72. The third kappa shape index (κ3) is 9.64. The van der Waals surface area contributed by atoms with E-state index in [4.69, 9.17) is 11.6 Å². The maximum atomic E-state index is 9.77. The van der Waals surface area contributed by atoms with E-state index in [0.717, 1.165) is 22.5 Å². The first-order valence-corrected chi connectivity index (χ1v) is 21.7. The fourth-order valence-corrected chi connectivity index (χ4v) is 7.50. The highest BCUT2D eigenvalue weighted by Gasteiger charge is 2.28. The van der Waals surface area contributed by atoms with Gasteiger partial charge in [-0.2, -0.15) is 0 Å². The average Bonchev–Trinajstić information content (AvgIpc) is 3.28. The summed E-state index contributed by atoms with van der Waals surface area (Å²) in [5, 5.41) is 0.0816. The van der Waals surface area contributed by atoms with Crippen LogP contribution in [0, 0.1) is 0 Å². The van der Waals surface area contributed by atoms with Gasteiger partial charge in [-0.15, -0.1) is 0 Å². The summed E-state index contributed by atoms with van der Waals surface area (Å²) in [6.45, 7) is 23.9. The summed E-state index contributed by atoms with van der Waals surface area (Å²) in [6.07, 6.45) is 0. The van der Waals surface area contributed by atoms with Crippen molar-refractivity contribution < 1.29 is 11.0 Å². The van der Waals surface area contributed by atoms with Crippen LogP contribution in [0.1, 0.15) is 116 Å². The molecule has 0 aliphatic carbocycles. The van der Waals surface area contributed by atoms with Crippen molar-refractivity contribution in [2.24, 2.45) is 0 Å². The van der Waals surface area contributed by atoms with Crippen LogP contribution in [0.5, 0.6) is 0 Å². The Kier molecular flexibility index (Phi) is 9.64. The Bertz CT molecular complexity index is 2800. The second kappa shape index (κ2) is 17.2. The first kappa shape index (κ1) is 34.8. The molecule has 0 heterocycles. The van der Waals surface area contributed by atoms with E-state index >= 15 is 0 Å². The number of hydrogen-bond donors (Lipinski definition) is 0. The molecule has 0 aromatic heterocycles.